The molecule has 1 fully saturated rings. The fraction of sp³-hybridized carbons (Fsp3) is 0.357. The van der Waals surface area contributed by atoms with Crippen LogP contribution in [0.4, 0.5) is 5.69 Å². The third-order valence-corrected chi connectivity index (χ3v) is 7.28. The van der Waals surface area contributed by atoms with E-state index in [4.69, 9.17) is 10.5 Å². The van der Waals surface area contributed by atoms with Gasteiger partial charge in [0, 0.05) is 42.7 Å². The number of benzene rings is 2. The van der Waals surface area contributed by atoms with Gasteiger partial charge < -0.3 is 20.3 Å². The van der Waals surface area contributed by atoms with Crippen molar-refractivity contribution in [3.63, 3.8) is 0 Å². The van der Waals surface area contributed by atoms with Gasteiger partial charge in [0.2, 0.25) is 5.91 Å². The van der Waals surface area contributed by atoms with E-state index in [2.05, 4.69) is 18.9 Å². The SMILES string of the molecule is COc1ccc(-n2nc(C(N)=O)c3c2C(=O)N(c2ccc(C(C)(C)CN4CCCC4=O)cc2)CC3)cc1. The number of nitrogens with two attached hydrogens (primary N) is 1. The predicted molar refractivity (Wildman–Crippen MR) is 139 cm³/mol. The molecule has 0 bridgehead atoms. The smallest absolute Gasteiger partial charge is 0.277 e. The Morgan fingerprint density at radius 3 is 2.27 bits per heavy atom. The predicted octanol–water partition coefficient (Wildman–Crippen LogP) is 3.08. The van der Waals surface area contributed by atoms with Crippen molar-refractivity contribution in [2.24, 2.45) is 5.73 Å². The fourth-order valence-corrected chi connectivity index (χ4v) is 5.25. The summed E-state index contributed by atoms with van der Waals surface area (Å²) >= 11 is 0. The van der Waals surface area contributed by atoms with Crippen LogP contribution in [0.3, 0.4) is 0 Å². The Morgan fingerprint density at radius 2 is 1.68 bits per heavy atom. The number of methoxy groups -OCH3 is 1. The van der Waals surface area contributed by atoms with Crippen molar-refractivity contribution < 1.29 is 19.1 Å². The Kier molecular flexibility index (Phi) is 6.23. The second kappa shape index (κ2) is 9.38. The Hall–Kier alpha value is -4.14. The van der Waals surface area contributed by atoms with Gasteiger partial charge in [0.15, 0.2) is 5.69 Å². The van der Waals surface area contributed by atoms with Gasteiger partial charge in [0.1, 0.15) is 11.4 Å². The number of nitrogens with zero attached hydrogens (tertiary/aromatic N) is 4. The van der Waals surface area contributed by atoms with Crippen LogP contribution in [0, 0.1) is 0 Å². The molecule has 0 aliphatic carbocycles. The molecule has 9 nitrogen and oxygen atoms in total. The lowest BCUT2D eigenvalue weighted by Gasteiger charge is -2.32. The number of rotatable bonds is 7. The minimum absolute atomic E-state index is 0.118. The number of primary amides is 1. The molecule has 192 valence electrons. The van der Waals surface area contributed by atoms with E-state index in [-0.39, 0.29) is 22.9 Å². The van der Waals surface area contributed by atoms with Crippen LogP contribution < -0.4 is 15.4 Å². The minimum atomic E-state index is -0.659. The lowest BCUT2D eigenvalue weighted by Crippen LogP contribution is -2.39. The van der Waals surface area contributed by atoms with Gasteiger partial charge in [-0.2, -0.15) is 5.10 Å². The monoisotopic (exact) mass is 501 g/mol. The third-order valence-electron chi connectivity index (χ3n) is 7.28. The summed E-state index contributed by atoms with van der Waals surface area (Å²) in [6, 6.07) is 15.0. The lowest BCUT2D eigenvalue weighted by molar-refractivity contribution is -0.128. The van der Waals surface area contributed by atoms with Crippen LogP contribution in [-0.2, 0) is 16.6 Å². The van der Waals surface area contributed by atoms with Crippen molar-refractivity contribution in [2.45, 2.75) is 38.5 Å². The lowest BCUT2D eigenvalue weighted by atomic mass is 9.84. The normalized spacial score (nSPS) is 15.8. The maximum absolute atomic E-state index is 13.8. The first-order chi connectivity index (χ1) is 17.7. The van der Waals surface area contributed by atoms with Crippen molar-refractivity contribution in [3.05, 3.63) is 71.0 Å². The summed E-state index contributed by atoms with van der Waals surface area (Å²) in [6.07, 6.45) is 2.00. The molecule has 0 saturated carbocycles. The molecule has 3 aromatic rings. The van der Waals surface area contributed by atoms with E-state index in [1.54, 1.807) is 36.3 Å². The molecule has 2 aliphatic heterocycles. The second-order valence-electron chi connectivity index (χ2n) is 10.2. The van der Waals surface area contributed by atoms with E-state index >= 15 is 0 Å². The van der Waals surface area contributed by atoms with Crippen LogP contribution in [0.1, 0.15) is 58.8 Å². The molecule has 3 heterocycles. The van der Waals surface area contributed by atoms with Gasteiger partial charge in [0.05, 0.1) is 12.8 Å². The highest BCUT2D eigenvalue weighted by Crippen LogP contribution is 2.32. The molecule has 1 saturated heterocycles. The number of anilines is 1. The number of hydrogen-bond donors (Lipinski definition) is 1. The number of aromatic nitrogens is 2. The number of amides is 3. The molecule has 37 heavy (non-hydrogen) atoms. The Bertz CT molecular complexity index is 1360. The summed E-state index contributed by atoms with van der Waals surface area (Å²) in [5.74, 6) is -0.0206. The summed E-state index contributed by atoms with van der Waals surface area (Å²) in [7, 11) is 1.58. The van der Waals surface area contributed by atoms with Crippen LogP contribution >= 0.6 is 0 Å². The van der Waals surface area contributed by atoms with E-state index < -0.39 is 5.91 Å². The molecule has 2 aromatic carbocycles. The van der Waals surface area contributed by atoms with Gasteiger partial charge in [-0.1, -0.05) is 26.0 Å². The van der Waals surface area contributed by atoms with Gasteiger partial charge in [-0.3, -0.25) is 14.4 Å². The molecule has 0 unspecified atom stereocenters. The average Bonchev–Trinajstić information content (AvgIpc) is 3.48. The van der Waals surface area contributed by atoms with Crippen molar-refractivity contribution >= 4 is 23.4 Å². The van der Waals surface area contributed by atoms with Crippen molar-refractivity contribution in [3.8, 4) is 11.4 Å². The Labute approximate surface area is 215 Å². The first-order valence-electron chi connectivity index (χ1n) is 12.5. The number of carbonyl (C=O) groups excluding carboxylic acids is 3. The highest BCUT2D eigenvalue weighted by atomic mass is 16.5. The zero-order valence-electron chi connectivity index (χ0n) is 21.4. The van der Waals surface area contributed by atoms with E-state index in [1.165, 1.54) is 4.68 Å². The summed E-state index contributed by atoms with van der Waals surface area (Å²) in [5.41, 5.74) is 8.90. The Balaban J connectivity index is 1.44. The molecule has 2 N–H and O–H groups in total. The summed E-state index contributed by atoms with van der Waals surface area (Å²) < 4.78 is 6.73. The van der Waals surface area contributed by atoms with Crippen molar-refractivity contribution in [1.82, 2.24) is 14.7 Å². The van der Waals surface area contributed by atoms with E-state index in [0.717, 1.165) is 24.2 Å². The van der Waals surface area contributed by atoms with E-state index in [9.17, 15) is 14.4 Å². The molecule has 0 atom stereocenters. The van der Waals surface area contributed by atoms with Gasteiger partial charge >= 0.3 is 0 Å². The highest BCUT2D eigenvalue weighted by Gasteiger charge is 2.35. The van der Waals surface area contributed by atoms with Crippen LogP contribution in [0.5, 0.6) is 5.75 Å². The van der Waals surface area contributed by atoms with Gasteiger partial charge in [-0.25, -0.2) is 4.68 Å². The van der Waals surface area contributed by atoms with Crippen LogP contribution in [-0.4, -0.2) is 59.1 Å². The Morgan fingerprint density at radius 1 is 1.00 bits per heavy atom. The zero-order chi connectivity index (χ0) is 26.3. The summed E-state index contributed by atoms with van der Waals surface area (Å²) in [5, 5.41) is 4.42. The van der Waals surface area contributed by atoms with Gasteiger partial charge in [0.25, 0.3) is 11.8 Å². The van der Waals surface area contributed by atoms with Gasteiger partial charge in [-0.15, -0.1) is 0 Å². The molecule has 3 amide bonds. The largest absolute Gasteiger partial charge is 0.497 e. The second-order valence-corrected chi connectivity index (χ2v) is 10.2. The standard InChI is InChI=1S/C28H31N5O4/c1-28(2,17-31-15-4-5-23(31)34)18-6-8-19(9-7-18)32-16-14-22-24(26(29)35)30-33(25(22)27(32)36)20-10-12-21(37-3)13-11-20/h6-13H,4-5,14-17H2,1-3H3,(H2,29,35). The average molecular weight is 502 g/mol. The van der Waals surface area contributed by atoms with Gasteiger partial charge in [-0.05, 0) is 54.8 Å². The minimum Gasteiger partial charge on any atom is -0.497 e. The number of hydrogen-bond acceptors (Lipinski definition) is 5. The number of ether oxygens (including phenoxy) is 1. The molecule has 2 aliphatic rings. The molecule has 0 radical (unpaired) electrons. The van der Waals surface area contributed by atoms with E-state index in [1.807, 2.05) is 29.2 Å². The maximum Gasteiger partial charge on any atom is 0.277 e. The zero-order valence-corrected chi connectivity index (χ0v) is 21.4. The van der Waals surface area contributed by atoms with Crippen LogP contribution in [0.25, 0.3) is 5.69 Å². The fourth-order valence-electron chi connectivity index (χ4n) is 5.25. The molecular formula is C28H31N5O4. The molecule has 0 spiro atoms. The number of likely N-dealkylation sites (tertiary alicyclic amines) is 1. The first-order valence-corrected chi connectivity index (χ1v) is 12.5. The number of fused-ring (bicyclic) bond motifs is 1. The highest BCUT2D eigenvalue weighted by molar-refractivity contribution is 6.09. The van der Waals surface area contributed by atoms with Crippen molar-refractivity contribution in [2.75, 3.05) is 31.6 Å². The van der Waals surface area contributed by atoms with Crippen LogP contribution in [0.15, 0.2) is 48.5 Å². The van der Waals surface area contributed by atoms with Crippen LogP contribution in [0.2, 0.25) is 0 Å². The summed E-state index contributed by atoms with van der Waals surface area (Å²) in [4.78, 5) is 41.7. The topological polar surface area (TPSA) is 111 Å². The summed E-state index contributed by atoms with van der Waals surface area (Å²) in [6.45, 7) is 6.13. The maximum atomic E-state index is 13.8. The molecule has 9 heteroatoms. The molecular weight excluding hydrogens is 470 g/mol. The van der Waals surface area contributed by atoms with Crippen molar-refractivity contribution in [1.29, 1.82) is 0 Å². The molecule has 5 rings (SSSR count). The quantitative estimate of drug-likeness (QED) is 0.535. The molecule has 1 aromatic heterocycles. The van der Waals surface area contributed by atoms with E-state index in [0.29, 0.717) is 48.6 Å². The first kappa shape index (κ1) is 24.5. The number of carbonyl (C=O) groups is 3. The third kappa shape index (κ3) is 4.45.